The number of hydrogen-bond acceptors (Lipinski definition) is 1. The number of rotatable bonds is 3. The van der Waals surface area contributed by atoms with Crippen LogP contribution in [0.1, 0.15) is 40.2 Å². The van der Waals surface area contributed by atoms with Crippen molar-refractivity contribution in [3.8, 4) is 0 Å². The highest BCUT2D eigenvalue weighted by Gasteiger charge is 2.27. The van der Waals surface area contributed by atoms with Gasteiger partial charge in [0.25, 0.3) is 0 Å². The van der Waals surface area contributed by atoms with Gasteiger partial charge in [0.05, 0.1) is 0 Å². The van der Waals surface area contributed by atoms with E-state index < -0.39 is 0 Å². The fourth-order valence-corrected chi connectivity index (χ4v) is 3.58. The van der Waals surface area contributed by atoms with Crippen LogP contribution >= 0.6 is 0 Å². The van der Waals surface area contributed by atoms with Crippen LogP contribution in [0.3, 0.4) is 0 Å². The van der Waals surface area contributed by atoms with Gasteiger partial charge in [-0.3, -0.25) is 0 Å². The van der Waals surface area contributed by atoms with E-state index in [-0.39, 0.29) is 6.04 Å². The fraction of sp³-hybridized carbons (Fsp3) is 0.368. The molecule has 1 aliphatic carbocycles. The van der Waals surface area contributed by atoms with E-state index in [4.69, 9.17) is 5.73 Å². The Kier molecular flexibility index (Phi) is 3.62. The van der Waals surface area contributed by atoms with Crippen LogP contribution in [0.25, 0.3) is 0 Å². The van der Waals surface area contributed by atoms with Crippen LogP contribution < -0.4 is 5.73 Å². The average molecular weight is 265 g/mol. The van der Waals surface area contributed by atoms with Gasteiger partial charge < -0.3 is 5.73 Å². The van der Waals surface area contributed by atoms with Crippen molar-refractivity contribution in [2.45, 2.75) is 45.1 Å². The molecule has 0 aliphatic heterocycles. The lowest BCUT2D eigenvalue weighted by molar-refractivity contribution is 0.523. The lowest BCUT2D eigenvalue weighted by atomic mass is 9.87. The van der Waals surface area contributed by atoms with E-state index in [0.717, 1.165) is 6.42 Å². The lowest BCUT2D eigenvalue weighted by Crippen LogP contribution is -2.30. The van der Waals surface area contributed by atoms with Crippen molar-refractivity contribution in [2.24, 2.45) is 5.73 Å². The minimum atomic E-state index is 0.221. The zero-order valence-corrected chi connectivity index (χ0v) is 12.4. The average Bonchev–Trinajstić information content (AvgIpc) is 2.87. The Morgan fingerprint density at radius 2 is 1.75 bits per heavy atom. The lowest BCUT2D eigenvalue weighted by Gasteiger charge is -2.22. The van der Waals surface area contributed by atoms with Crippen molar-refractivity contribution < 1.29 is 0 Å². The molecule has 2 aromatic carbocycles. The maximum absolute atomic E-state index is 6.56. The second-order valence-electron chi connectivity index (χ2n) is 6.08. The first kappa shape index (κ1) is 13.4. The van der Waals surface area contributed by atoms with E-state index in [9.17, 15) is 0 Å². The molecule has 104 valence electrons. The van der Waals surface area contributed by atoms with Crippen molar-refractivity contribution in [1.82, 2.24) is 0 Å². The summed E-state index contributed by atoms with van der Waals surface area (Å²) in [5.41, 5.74) is 13.7. The number of nitrogens with two attached hydrogens (primary N) is 1. The number of hydrogen-bond donors (Lipinski definition) is 1. The molecular weight excluding hydrogens is 242 g/mol. The second-order valence-corrected chi connectivity index (χ2v) is 6.08. The third-order valence-electron chi connectivity index (χ3n) is 4.78. The maximum atomic E-state index is 6.56. The SMILES string of the molecule is Cc1cccc(C)c1CC(N)C1CCc2ccccc21. The Morgan fingerprint density at radius 1 is 1.05 bits per heavy atom. The molecule has 0 heterocycles. The van der Waals surface area contributed by atoms with Crippen molar-refractivity contribution in [2.75, 3.05) is 0 Å². The first-order valence-electron chi connectivity index (χ1n) is 7.55. The van der Waals surface area contributed by atoms with Crippen LogP contribution in [-0.4, -0.2) is 6.04 Å². The molecule has 1 nitrogen and oxygen atoms in total. The minimum absolute atomic E-state index is 0.221. The summed E-state index contributed by atoms with van der Waals surface area (Å²) in [5, 5.41) is 0. The van der Waals surface area contributed by atoms with E-state index in [1.807, 2.05) is 0 Å². The zero-order chi connectivity index (χ0) is 14.1. The summed E-state index contributed by atoms with van der Waals surface area (Å²) in [5.74, 6) is 0.519. The van der Waals surface area contributed by atoms with Gasteiger partial charge in [-0.15, -0.1) is 0 Å². The highest BCUT2D eigenvalue weighted by molar-refractivity contribution is 5.38. The van der Waals surface area contributed by atoms with Gasteiger partial charge >= 0.3 is 0 Å². The van der Waals surface area contributed by atoms with Crippen LogP contribution in [0, 0.1) is 13.8 Å². The molecule has 0 spiro atoms. The monoisotopic (exact) mass is 265 g/mol. The van der Waals surface area contributed by atoms with Crippen LogP contribution in [0.4, 0.5) is 0 Å². The standard InChI is InChI=1S/C19H23N/c1-13-6-5-7-14(2)18(13)12-19(20)17-11-10-15-8-3-4-9-16(15)17/h3-9,17,19H,10-12,20H2,1-2H3. The molecule has 1 aliphatic rings. The summed E-state index contributed by atoms with van der Waals surface area (Å²) in [6.07, 6.45) is 3.37. The quantitative estimate of drug-likeness (QED) is 0.895. The van der Waals surface area contributed by atoms with E-state index in [1.165, 1.54) is 40.7 Å². The van der Waals surface area contributed by atoms with Gasteiger partial charge in [-0.05, 0) is 66.8 Å². The van der Waals surface area contributed by atoms with Gasteiger partial charge in [-0.25, -0.2) is 0 Å². The Morgan fingerprint density at radius 3 is 2.50 bits per heavy atom. The van der Waals surface area contributed by atoms with Gasteiger partial charge in [0.2, 0.25) is 0 Å². The molecular formula is C19H23N. The van der Waals surface area contributed by atoms with Crippen molar-refractivity contribution in [3.05, 3.63) is 70.3 Å². The number of fused-ring (bicyclic) bond motifs is 1. The molecule has 1 heteroatoms. The van der Waals surface area contributed by atoms with Gasteiger partial charge in [0.15, 0.2) is 0 Å². The molecule has 0 saturated carbocycles. The molecule has 0 bridgehead atoms. The van der Waals surface area contributed by atoms with Gasteiger partial charge in [-0.2, -0.15) is 0 Å². The van der Waals surface area contributed by atoms with E-state index in [0.29, 0.717) is 5.92 Å². The summed E-state index contributed by atoms with van der Waals surface area (Å²) in [6.45, 7) is 4.38. The Bertz CT molecular complexity index is 595. The largest absolute Gasteiger partial charge is 0.327 e. The van der Waals surface area contributed by atoms with Crippen molar-refractivity contribution >= 4 is 0 Å². The molecule has 0 aromatic heterocycles. The molecule has 0 radical (unpaired) electrons. The van der Waals surface area contributed by atoms with Crippen LogP contribution in [0.15, 0.2) is 42.5 Å². The molecule has 2 N–H and O–H groups in total. The Balaban J connectivity index is 1.83. The molecule has 2 unspecified atom stereocenters. The summed E-state index contributed by atoms with van der Waals surface area (Å²) in [4.78, 5) is 0. The van der Waals surface area contributed by atoms with E-state index in [1.54, 1.807) is 0 Å². The molecule has 0 amide bonds. The molecule has 0 saturated heterocycles. The highest BCUT2D eigenvalue weighted by Crippen LogP contribution is 2.36. The predicted molar refractivity (Wildman–Crippen MR) is 85.1 cm³/mol. The van der Waals surface area contributed by atoms with Gasteiger partial charge in [-0.1, -0.05) is 42.5 Å². The normalized spacial score (nSPS) is 18.9. The summed E-state index contributed by atoms with van der Waals surface area (Å²) in [7, 11) is 0. The van der Waals surface area contributed by atoms with E-state index in [2.05, 4.69) is 56.3 Å². The first-order valence-corrected chi connectivity index (χ1v) is 7.55. The smallest absolute Gasteiger partial charge is 0.0149 e. The second kappa shape index (κ2) is 5.41. The highest BCUT2D eigenvalue weighted by atomic mass is 14.7. The van der Waals surface area contributed by atoms with Crippen LogP contribution in [0.2, 0.25) is 0 Å². The summed E-state index contributed by atoms with van der Waals surface area (Å²) >= 11 is 0. The zero-order valence-electron chi connectivity index (χ0n) is 12.4. The minimum Gasteiger partial charge on any atom is -0.327 e. The first-order chi connectivity index (χ1) is 9.66. The van der Waals surface area contributed by atoms with Crippen LogP contribution in [0.5, 0.6) is 0 Å². The molecule has 3 rings (SSSR count). The molecule has 2 atom stereocenters. The molecule has 0 fully saturated rings. The number of aryl methyl sites for hydroxylation is 3. The maximum Gasteiger partial charge on any atom is 0.0149 e. The van der Waals surface area contributed by atoms with Crippen molar-refractivity contribution in [1.29, 1.82) is 0 Å². The fourth-order valence-electron chi connectivity index (χ4n) is 3.58. The Hall–Kier alpha value is -1.60. The third kappa shape index (κ3) is 2.38. The Labute approximate surface area is 121 Å². The van der Waals surface area contributed by atoms with Gasteiger partial charge in [0.1, 0.15) is 0 Å². The topological polar surface area (TPSA) is 26.0 Å². The third-order valence-corrected chi connectivity index (χ3v) is 4.78. The number of benzene rings is 2. The summed E-state index contributed by atoms with van der Waals surface area (Å²) < 4.78 is 0. The van der Waals surface area contributed by atoms with E-state index >= 15 is 0 Å². The predicted octanol–water partition coefficient (Wildman–Crippen LogP) is 3.90. The molecule has 20 heavy (non-hydrogen) atoms. The van der Waals surface area contributed by atoms with Gasteiger partial charge in [0, 0.05) is 6.04 Å². The summed E-state index contributed by atoms with van der Waals surface area (Å²) in [6, 6.07) is 15.5. The van der Waals surface area contributed by atoms with Crippen molar-refractivity contribution in [3.63, 3.8) is 0 Å². The molecule has 2 aromatic rings. The van der Waals surface area contributed by atoms with Crippen LogP contribution in [-0.2, 0) is 12.8 Å².